The Labute approximate surface area is 176 Å². The molecule has 0 bridgehead atoms. The third kappa shape index (κ3) is 6.77. The number of methoxy groups -OCH3 is 2. The van der Waals surface area contributed by atoms with Gasteiger partial charge in [0.05, 0.1) is 25.7 Å². The highest BCUT2D eigenvalue weighted by Crippen LogP contribution is 2.21. The number of esters is 1. The molecule has 1 amide bonds. The van der Waals surface area contributed by atoms with Crippen LogP contribution in [-0.4, -0.2) is 47.4 Å². The summed E-state index contributed by atoms with van der Waals surface area (Å²) in [5.74, 6) is 0.276. The van der Waals surface area contributed by atoms with E-state index in [-0.39, 0.29) is 23.8 Å². The number of ether oxygens (including phenoxy) is 3. The molecule has 8 nitrogen and oxygen atoms in total. The second-order valence-electron chi connectivity index (χ2n) is 6.50. The van der Waals surface area contributed by atoms with Crippen molar-refractivity contribution in [1.29, 1.82) is 0 Å². The molecule has 0 heterocycles. The molecule has 162 valence electrons. The average Bonchev–Trinajstić information content (AvgIpc) is 2.74. The van der Waals surface area contributed by atoms with Crippen molar-refractivity contribution < 1.29 is 32.2 Å². The zero-order valence-electron chi connectivity index (χ0n) is 17.1. The topological polar surface area (TPSA) is 108 Å². The van der Waals surface area contributed by atoms with E-state index in [1.807, 2.05) is 0 Å². The second-order valence-corrected chi connectivity index (χ2v) is 8.51. The molecule has 2 aromatic carbocycles. The summed E-state index contributed by atoms with van der Waals surface area (Å²) in [6.07, 6.45) is 1.90. The van der Waals surface area contributed by atoms with Gasteiger partial charge in [0.25, 0.3) is 0 Å². The van der Waals surface area contributed by atoms with E-state index in [1.165, 1.54) is 26.4 Å². The molecule has 0 saturated heterocycles. The van der Waals surface area contributed by atoms with Crippen molar-refractivity contribution >= 4 is 21.7 Å². The number of rotatable bonds is 10. The normalized spacial score (nSPS) is 10.9. The molecule has 0 unspecified atom stereocenters. The predicted molar refractivity (Wildman–Crippen MR) is 110 cm³/mol. The first-order valence-corrected chi connectivity index (χ1v) is 11.1. The highest BCUT2D eigenvalue weighted by molar-refractivity contribution is 7.90. The molecule has 0 fully saturated rings. The molecule has 0 radical (unpaired) electrons. The maximum absolute atomic E-state index is 12.0. The fourth-order valence-corrected chi connectivity index (χ4v) is 3.26. The highest BCUT2D eigenvalue weighted by atomic mass is 32.2. The minimum Gasteiger partial charge on any atom is -0.496 e. The van der Waals surface area contributed by atoms with Crippen LogP contribution in [0.1, 0.15) is 28.8 Å². The Balaban J connectivity index is 1.77. The maximum atomic E-state index is 12.0. The third-order valence-corrected chi connectivity index (χ3v) is 5.36. The molecule has 2 rings (SSSR count). The Morgan fingerprint density at radius 2 is 1.73 bits per heavy atom. The van der Waals surface area contributed by atoms with Gasteiger partial charge in [-0.2, -0.15) is 0 Å². The van der Waals surface area contributed by atoms with Crippen molar-refractivity contribution in [3.63, 3.8) is 0 Å². The number of nitrogens with one attached hydrogen (secondary N) is 1. The van der Waals surface area contributed by atoms with Gasteiger partial charge in [-0.25, -0.2) is 13.2 Å². The van der Waals surface area contributed by atoms with Crippen LogP contribution in [0.25, 0.3) is 0 Å². The molecule has 0 spiro atoms. The predicted octanol–water partition coefficient (Wildman–Crippen LogP) is 2.36. The minimum absolute atomic E-state index is 0.151. The minimum atomic E-state index is -3.24. The lowest BCUT2D eigenvalue weighted by molar-refractivity contribution is -0.121. The largest absolute Gasteiger partial charge is 0.496 e. The van der Waals surface area contributed by atoms with Crippen LogP contribution in [-0.2, 0) is 25.9 Å². The van der Waals surface area contributed by atoms with Crippen LogP contribution in [0.3, 0.4) is 0 Å². The van der Waals surface area contributed by atoms with Crippen LogP contribution in [0.15, 0.2) is 47.4 Å². The van der Waals surface area contributed by atoms with Gasteiger partial charge in [-0.15, -0.1) is 0 Å². The molecule has 0 aliphatic heterocycles. The number of amides is 1. The van der Waals surface area contributed by atoms with Gasteiger partial charge in [0.2, 0.25) is 5.91 Å². The number of benzene rings is 2. The van der Waals surface area contributed by atoms with Gasteiger partial charge >= 0.3 is 5.97 Å². The summed E-state index contributed by atoms with van der Waals surface area (Å²) in [4.78, 5) is 24.1. The summed E-state index contributed by atoms with van der Waals surface area (Å²) in [6, 6.07) is 11.2. The van der Waals surface area contributed by atoms with Crippen LogP contribution in [0.4, 0.5) is 0 Å². The summed E-state index contributed by atoms with van der Waals surface area (Å²) < 4.78 is 38.3. The van der Waals surface area contributed by atoms with Gasteiger partial charge < -0.3 is 19.5 Å². The van der Waals surface area contributed by atoms with Gasteiger partial charge in [-0.05, 0) is 48.4 Å². The summed E-state index contributed by atoms with van der Waals surface area (Å²) in [6.45, 7) is 0.585. The van der Waals surface area contributed by atoms with E-state index in [4.69, 9.17) is 14.2 Å². The number of hydrogen-bond acceptors (Lipinski definition) is 7. The number of hydrogen-bond donors (Lipinski definition) is 1. The maximum Gasteiger partial charge on any atom is 0.341 e. The molecule has 0 saturated carbocycles. The first kappa shape index (κ1) is 23.2. The van der Waals surface area contributed by atoms with E-state index in [1.54, 1.807) is 30.3 Å². The molecular formula is C21H25NO7S. The van der Waals surface area contributed by atoms with Gasteiger partial charge in [-0.3, -0.25) is 4.79 Å². The molecule has 9 heteroatoms. The summed E-state index contributed by atoms with van der Waals surface area (Å²) in [5, 5.41) is 2.79. The molecule has 0 aliphatic rings. The van der Waals surface area contributed by atoms with Crippen LogP contribution < -0.4 is 14.8 Å². The summed E-state index contributed by atoms with van der Waals surface area (Å²) in [5.41, 5.74) is 1.04. The number of carbonyl (C=O) groups excluding carboxylic acids is 2. The van der Waals surface area contributed by atoms with Crippen LogP contribution >= 0.6 is 0 Å². The number of carbonyl (C=O) groups is 2. The Bertz CT molecular complexity index is 985. The van der Waals surface area contributed by atoms with E-state index in [2.05, 4.69) is 5.32 Å². The quantitative estimate of drug-likeness (QED) is 0.451. The van der Waals surface area contributed by atoms with Crippen LogP contribution in [0, 0.1) is 0 Å². The lowest BCUT2D eigenvalue weighted by Gasteiger charge is -2.10. The summed E-state index contributed by atoms with van der Waals surface area (Å²) >= 11 is 0. The first-order valence-electron chi connectivity index (χ1n) is 9.19. The van der Waals surface area contributed by atoms with Crippen molar-refractivity contribution in [3.8, 4) is 11.5 Å². The summed E-state index contributed by atoms with van der Waals surface area (Å²) in [7, 11) is -0.486. The highest BCUT2D eigenvalue weighted by Gasteiger charge is 2.14. The van der Waals surface area contributed by atoms with Gasteiger partial charge in [0.1, 0.15) is 17.1 Å². The van der Waals surface area contributed by atoms with Crippen molar-refractivity contribution in [2.75, 3.05) is 27.1 Å². The van der Waals surface area contributed by atoms with E-state index < -0.39 is 15.8 Å². The molecular weight excluding hydrogens is 410 g/mol. The Morgan fingerprint density at radius 1 is 1.03 bits per heavy atom. The molecule has 0 atom stereocenters. The van der Waals surface area contributed by atoms with Gasteiger partial charge in [-0.1, -0.05) is 6.07 Å². The Kier molecular flexibility index (Phi) is 8.23. The Morgan fingerprint density at radius 3 is 2.33 bits per heavy atom. The van der Waals surface area contributed by atoms with Gasteiger partial charge in [0, 0.05) is 19.2 Å². The molecule has 0 aliphatic carbocycles. The molecule has 2 aromatic rings. The smallest absolute Gasteiger partial charge is 0.341 e. The van der Waals surface area contributed by atoms with Gasteiger partial charge in [0.15, 0.2) is 9.84 Å². The van der Waals surface area contributed by atoms with E-state index in [9.17, 15) is 18.0 Å². The molecule has 1 N–H and O–H groups in total. The average molecular weight is 435 g/mol. The van der Waals surface area contributed by atoms with Crippen molar-refractivity contribution in [2.24, 2.45) is 0 Å². The van der Waals surface area contributed by atoms with Crippen molar-refractivity contribution in [3.05, 3.63) is 53.6 Å². The van der Waals surface area contributed by atoms with E-state index >= 15 is 0 Å². The lowest BCUT2D eigenvalue weighted by Crippen LogP contribution is -2.23. The molecule has 30 heavy (non-hydrogen) atoms. The zero-order valence-corrected chi connectivity index (χ0v) is 18.0. The van der Waals surface area contributed by atoms with Crippen molar-refractivity contribution in [2.45, 2.75) is 24.3 Å². The lowest BCUT2D eigenvalue weighted by atomic mass is 10.1. The number of sulfone groups is 1. The standard InChI is InChI=1S/C21H25NO7S/c1-27-19-11-6-15(13-18(19)21(24)28-2)14-22-20(23)5-4-12-29-16-7-9-17(10-8-16)30(3,25)26/h6-11,13H,4-5,12,14H2,1-3H3,(H,22,23). The van der Waals surface area contributed by atoms with Crippen LogP contribution in [0.5, 0.6) is 11.5 Å². The van der Waals surface area contributed by atoms with Crippen molar-refractivity contribution in [1.82, 2.24) is 5.32 Å². The monoisotopic (exact) mass is 435 g/mol. The molecule has 0 aromatic heterocycles. The Hall–Kier alpha value is -3.07. The third-order valence-electron chi connectivity index (χ3n) is 4.23. The fraction of sp³-hybridized carbons (Fsp3) is 0.333. The van der Waals surface area contributed by atoms with E-state index in [0.29, 0.717) is 30.1 Å². The second kappa shape index (κ2) is 10.6. The zero-order chi connectivity index (χ0) is 22.1. The fourth-order valence-electron chi connectivity index (χ4n) is 2.63. The van der Waals surface area contributed by atoms with Crippen LogP contribution in [0.2, 0.25) is 0 Å². The van der Waals surface area contributed by atoms with E-state index in [0.717, 1.165) is 11.8 Å². The SMILES string of the molecule is COC(=O)c1cc(CNC(=O)CCCOc2ccc(S(C)(=O)=O)cc2)ccc1OC. The first-order chi connectivity index (χ1) is 14.2.